The van der Waals surface area contributed by atoms with Gasteiger partial charge < -0.3 is 14.6 Å². The van der Waals surface area contributed by atoms with Crippen molar-refractivity contribution in [1.82, 2.24) is 19.9 Å². The van der Waals surface area contributed by atoms with Crippen molar-refractivity contribution in [1.29, 1.82) is 0 Å². The lowest BCUT2D eigenvalue weighted by Gasteiger charge is -2.12. The van der Waals surface area contributed by atoms with Crippen LogP contribution in [-0.4, -0.2) is 34.1 Å². The Balaban J connectivity index is 1.72. The number of amides is 1. The molecule has 0 unspecified atom stereocenters. The molecule has 0 atom stereocenters. The molecule has 6 nitrogen and oxygen atoms in total. The molecule has 0 bridgehead atoms. The first-order valence-corrected chi connectivity index (χ1v) is 8.81. The first-order chi connectivity index (χ1) is 12.6. The fourth-order valence-corrected chi connectivity index (χ4v) is 2.97. The molecule has 1 N–H and O–H groups in total. The quantitative estimate of drug-likeness (QED) is 0.709. The summed E-state index contributed by atoms with van der Waals surface area (Å²) in [7, 11) is 1.56. The fourth-order valence-electron chi connectivity index (χ4n) is 2.97. The van der Waals surface area contributed by atoms with Gasteiger partial charge in [-0.15, -0.1) is 0 Å². The highest BCUT2D eigenvalue weighted by Crippen LogP contribution is 2.18. The predicted molar refractivity (Wildman–Crippen MR) is 101 cm³/mol. The summed E-state index contributed by atoms with van der Waals surface area (Å²) in [5.41, 5.74) is 2.32. The molecule has 0 saturated heterocycles. The number of nitrogens with one attached hydrogen (secondary N) is 1. The number of methoxy groups -OCH3 is 1. The first-order valence-electron chi connectivity index (χ1n) is 8.81. The zero-order chi connectivity index (χ0) is 18.5. The monoisotopic (exact) mass is 352 g/mol. The molecule has 0 radical (unpaired) electrons. The van der Waals surface area contributed by atoms with Crippen LogP contribution in [0.3, 0.4) is 0 Å². The number of para-hydroxylation sites is 1. The molecule has 0 aliphatic rings. The number of hydrogen-bond donors (Lipinski definition) is 1. The van der Waals surface area contributed by atoms with E-state index in [-0.39, 0.29) is 5.91 Å². The Morgan fingerprint density at radius 3 is 2.81 bits per heavy atom. The van der Waals surface area contributed by atoms with E-state index < -0.39 is 0 Å². The molecule has 26 heavy (non-hydrogen) atoms. The van der Waals surface area contributed by atoms with Gasteiger partial charge in [-0.05, 0) is 30.2 Å². The molecule has 0 spiro atoms. The van der Waals surface area contributed by atoms with Crippen LogP contribution in [-0.2, 0) is 13.0 Å². The van der Waals surface area contributed by atoms with Gasteiger partial charge >= 0.3 is 0 Å². The lowest BCUT2D eigenvalue weighted by molar-refractivity contribution is 0.0951. The Morgan fingerprint density at radius 1 is 1.23 bits per heavy atom. The van der Waals surface area contributed by atoms with Crippen molar-refractivity contribution in [2.45, 2.75) is 26.8 Å². The van der Waals surface area contributed by atoms with Crippen LogP contribution in [0.5, 0.6) is 5.75 Å². The van der Waals surface area contributed by atoms with Gasteiger partial charge in [-0.25, -0.2) is 9.97 Å². The number of rotatable bonds is 7. The zero-order valence-corrected chi connectivity index (χ0v) is 15.4. The summed E-state index contributed by atoms with van der Waals surface area (Å²) < 4.78 is 7.40. The van der Waals surface area contributed by atoms with Crippen LogP contribution < -0.4 is 10.1 Å². The lowest BCUT2D eigenvalue weighted by Crippen LogP contribution is -2.27. The molecule has 0 aliphatic carbocycles. The van der Waals surface area contributed by atoms with Crippen molar-refractivity contribution in [2.24, 2.45) is 5.92 Å². The van der Waals surface area contributed by atoms with E-state index in [2.05, 4.69) is 28.7 Å². The van der Waals surface area contributed by atoms with Gasteiger partial charge in [0.25, 0.3) is 5.91 Å². The second-order valence-corrected chi connectivity index (χ2v) is 6.58. The minimum absolute atomic E-state index is 0.146. The van der Waals surface area contributed by atoms with Gasteiger partial charge in [0.15, 0.2) is 5.65 Å². The normalized spacial score (nSPS) is 11.1. The smallest absolute Gasteiger partial charge is 0.255 e. The number of carbonyl (C=O) groups is 1. The van der Waals surface area contributed by atoms with E-state index in [1.165, 1.54) is 0 Å². The number of carbonyl (C=O) groups excluding carboxylic acids is 1. The standard InChI is InChI=1S/C20H24N4O2/c1-14(2)13-24-18(23-16-8-6-11-21-19(16)24)10-12-22-20(25)15-7-4-5-9-17(15)26-3/h4-9,11,14H,10,12-13H2,1-3H3,(H,22,25). The number of pyridine rings is 1. The molecule has 0 saturated carbocycles. The summed E-state index contributed by atoms with van der Waals surface area (Å²) >= 11 is 0. The SMILES string of the molecule is COc1ccccc1C(=O)NCCc1nc2cccnc2n1CC(C)C. The van der Waals surface area contributed by atoms with Crippen molar-refractivity contribution < 1.29 is 9.53 Å². The van der Waals surface area contributed by atoms with E-state index in [0.717, 1.165) is 23.5 Å². The maximum atomic E-state index is 12.4. The Bertz CT molecular complexity index is 902. The van der Waals surface area contributed by atoms with Crippen molar-refractivity contribution in [3.63, 3.8) is 0 Å². The van der Waals surface area contributed by atoms with Gasteiger partial charge in [-0.2, -0.15) is 0 Å². The van der Waals surface area contributed by atoms with Gasteiger partial charge in [-0.3, -0.25) is 4.79 Å². The first kappa shape index (κ1) is 17.9. The third-order valence-corrected chi connectivity index (χ3v) is 4.12. The van der Waals surface area contributed by atoms with Crippen LogP contribution in [0.1, 0.15) is 30.0 Å². The van der Waals surface area contributed by atoms with E-state index in [1.54, 1.807) is 25.4 Å². The number of fused-ring (bicyclic) bond motifs is 1. The minimum atomic E-state index is -0.146. The molecule has 0 fully saturated rings. The molecule has 3 aromatic rings. The third-order valence-electron chi connectivity index (χ3n) is 4.12. The number of hydrogen-bond acceptors (Lipinski definition) is 4. The Morgan fingerprint density at radius 2 is 2.04 bits per heavy atom. The van der Waals surface area contributed by atoms with Gasteiger partial charge in [0.2, 0.25) is 0 Å². The van der Waals surface area contributed by atoms with Crippen LogP contribution in [0.25, 0.3) is 11.2 Å². The molecule has 3 rings (SSSR count). The maximum absolute atomic E-state index is 12.4. The molecule has 2 aromatic heterocycles. The molecular formula is C20H24N4O2. The summed E-state index contributed by atoms with van der Waals surface area (Å²) in [5, 5.41) is 2.95. The van der Waals surface area contributed by atoms with Crippen LogP contribution in [0.4, 0.5) is 0 Å². The van der Waals surface area contributed by atoms with Crippen LogP contribution in [0, 0.1) is 5.92 Å². The van der Waals surface area contributed by atoms with Crippen LogP contribution in [0.15, 0.2) is 42.6 Å². The van der Waals surface area contributed by atoms with Gasteiger partial charge in [0, 0.05) is 25.7 Å². The number of aromatic nitrogens is 3. The van der Waals surface area contributed by atoms with Crippen molar-refractivity contribution in [2.75, 3.05) is 13.7 Å². The van der Waals surface area contributed by atoms with E-state index in [4.69, 9.17) is 9.72 Å². The number of benzene rings is 1. The summed E-state index contributed by atoms with van der Waals surface area (Å²) in [6.45, 7) is 5.69. The van der Waals surface area contributed by atoms with E-state index in [1.807, 2.05) is 24.3 Å². The maximum Gasteiger partial charge on any atom is 0.255 e. The van der Waals surface area contributed by atoms with Crippen molar-refractivity contribution in [3.05, 3.63) is 54.0 Å². The van der Waals surface area contributed by atoms with Crippen LogP contribution >= 0.6 is 0 Å². The minimum Gasteiger partial charge on any atom is -0.496 e. The molecule has 6 heteroatoms. The van der Waals surface area contributed by atoms with Gasteiger partial charge in [-0.1, -0.05) is 26.0 Å². The molecule has 1 amide bonds. The highest BCUT2D eigenvalue weighted by atomic mass is 16.5. The van der Waals surface area contributed by atoms with Crippen molar-refractivity contribution in [3.8, 4) is 5.75 Å². The average molecular weight is 352 g/mol. The average Bonchev–Trinajstić information content (AvgIpc) is 2.98. The lowest BCUT2D eigenvalue weighted by atomic mass is 10.2. The number of imidazole rings is 1. The Kier molecular flexibility index (Phi) is 5.51. The predicted octanol–water partition coefficient (Wildman–Crippen LogP) is 3.07. The Labute approximate surface area is 153 Å². The molecular weight excluding hydrogens is 328 g/mol. The largest absolute Gasteiger partial charge is 0.496 e. The van der Waals surface area contributed by atoms with E-state index in [0.29, 0.717) is 30.2 Å². The molecule has 1 aromatic carbocycles. The van der Waals surface area contributed by atoms with Gasteiger partial charge in [0.05, 0.1) is 12.7 Å². The van der Waals surface area contributed by atoms with Crippen LogP contribution in [0.2, 0.25) is 0 Å². The summed E-state index contributed by atoms with van der Waals surface area (Å²) in [4.78, 5) is 21.6. The highest BCUT2D eigenvalue weighted by molar-refractivity contribution is 5.96. The summed E-state index contributed by atoms with van der Waals surface area (Å²) in [5.74, 6) is 1.84. The summed E-state index contributed by atoms with van der Waals surface area (Å²) in [6.07, 6.45) is 2.43. The molecule has 2 heterocycles. The second kappa shape index (κ2) is 7.99. The second-order valence-electron chi connectivity index (χ2n) is 6.58. The number of ether oxygens (including phenoxy) is 1. The summed E-state index contributed by atoms with van der Waals surface area (Å²) in [6, 6.07) is 11.1. The van der Waals surface area contributed by atoms with Gasteiger partial charge in [0.1, 0.15) is 17.1 Å². The Hall–Kier alpha value is -2.89. The topological polar surface area (TPSA) is 69.0 Å². The zero-order valence-electron chi connectivity index (χ0n) is 15.4. The van der Waals surface area contributed by atoms with E-state index >= 15 is 0 Å². The highest BCUT2D eigenvalue weighted by Gasteiger charge is 2.14. The fraction of sp³-hybridized carbons (Fsp3) is 0.350. The van der Waals surface area contributed by atoms with E-state index in [9.17, 15) is 4.79 Å². The third kappa shape index (κ3) is 3.85. The number of nitrogens with zero attached hydrogens (tertiary/aromatic N) is 3. The molecule has 0 aliphatic heterocycles. The molecule has 136 valence electrons. The van der Waals surface area contributed by atoms with Crippen molar-refractivity contribution >= 4 is 17.1 Å².